The molecule has 1 saturated heterocycles. The van der Waals surface area contributed by atoms with E-state index in [1.54, 1.807) is 0 Å². The van der Waals surface area contributed by atoms with E-state index in [-0.39, 0.29) is 6.42 Å². The molecule has 0 radical (unpaired) electrons. The van der Waals surface area contributed by atoms with Gasteiger partial charge in [0.25, 0.3) is 20.2 Å². The first-order valence-electron chi connectivity index (χ1n) is 6.48. The second-order valence-corrected chi connectivity index (χ2v) is 9.15. The van der Waals surface area contributed by atoms with E-state index in [4.69, 9.17) is 13.5 Å². The van der Waals surface area contributed by atoms with Crippen molar-refractivity contribution in [1.82, 2.24) is 0 Å². The van der Waals surface area contributed by atoms with Crippen LogP contribution in [0, 0.1) is 11.8 Å². The molecular formula is C10H13F3O7S2. The SMILES string of the molecule is O=S(=O)(O)CC(OC1C2CC3C1OS(=O)(=O)C3C2)C(F)(F)F. The maximum absolute atomic E-state index is 12.9. The minimum atomic E-state index is -5.01. The van der Waals surface area contributed by atoms with Crippen LogP contribution in [0.15, 0.2) is 0 Å². The van der Waals surface area contributed by atoms with Crippen LogP contribution in [0.1, 0.15) is 12.8 Å². The largest absolute Gasteiger partial charge is 0.415 e. The molecule has 3 fully saturated rings. The van der Waals surface area contributed by atoms with Crippen LogP contribution >= 0.6 is 0 Å². The third-order valence-corrected chi connectivity index (χ3v) is 6.96. The normalized spacial score (nSPS) is 41.0. The minimum Gasteiger partial charge on any atom is -0.361 e. The van der Waals surface area contributed by atoms with Crippen LogP contribution in [-0.2, 0) is 29.2 Å². The highest BCUT2D eigenvalue weighted by Gasteiger charge is 2.65. The van der Waals surface area contributed by atoms with Crippen LogP contribution in [0.5, 0.6) is 0 Å². The fraction of sp³-hybridized carbons (Fsp3) is 1.00. The van der Waals surface area contributed by atoms with E-state index >= 15 is 0 Å². The van der Waals surface area contributed by atoms with Crippen molar-refractivity contribution in [2.45, 2.75) is 42.6 Å². The quantitative estimate of drug-likeness (QED) is 0.564. The van der Waals surface area contributed by atoms with Crippen LogP contribution in [-0.4, -0.2) is 56.9 Å². The molecule has 0 aromatic carbocycles. The Bertz CT molecular complexity index is 671. The number of ether oxygens (including phenoxy) is 1. The van der Waals surface area contributed by atoms with Gasteiger partial charge < -0.3 is 4.74 Å². The first kappa shape index (κ1) is 16.4. The minimum absolute atomic E-state index is 0.143. The van der Waals surface area contributed by atoms with Gasteiger partial charge in [0.05, 0.1) is 11.4 Å². The van der Waals surface area contributed by atoms with E-state index < -0.39 is 67.6 Å². The molecule has 7 nitrogen and oxygen atoms in total. The molecule has 2 bridgehead atoms. The molecule has 22 heavy (non-hydrogen) atoms. The zero-order valence-corrected chi connectivity index (χ0v) is 12.6. The molecule has 6 unspecified atom stereocenters. The smallest absolute Gasteiger partial charge is 0.361 e. The predicted molar refractivity (Wildman–Crippen MR) is 64.9 cm³/mol. The molecule has 0 spiro atoms. The van der Waals surface area contributed by atoms with Crippen molar-refractivity contribution in [1.29, 1.82) is 0 Å². The maximum Gasteiger partial charge on any atom is 0.415 e. The third-order valence-electron chi connectivity index (χ3n) is 4.46. The maximum atomic E-state index is 12.9. The monoisotopic (exact) mass is 366 g/mol. The topological polar surface area (TPSA) is 107 Å². The molecule has 1 aliphatic heterocycles. The molecule has 1 N–H and O–H groups in total. The van der Waals surface area contributed by atoms with Gasteiger partial charge in [-0.25, -0.2) is 0 Å². The van der Waals surface area contributed by atoms with Crippen molar-refractivity contribution in [3.8, 4) is 0 Å². The predicted octanol–water partition coefficient (Wildman–Crippen LogP) is 0.327. The number of alkyl halides is 3. The standard InChI is InChI=1S/C10H13F3O7S2/c11-10(12,13)7(3-21(14,15)16)19-8-4-1-5-6(2-4)22(17,18)20-9(5)8/h4-9H,1-3H2,(H,14,15,16). The second kappa shape index (κ2) is 4.79. The Morgan fingerprint density at radius 3 is 2.50 bits per heavy atom. The van der Waals surface area contributed by atoms with Gasteiger partial charge in [-0.1, -0.05) is 0 Å². The van der Waals surface area contributed by atoms with Crippen LogP contribution in [0.4, 0.5) is 13.2 Å². The van der Waals surface area contributed by atoms with Crippen LogP contribution in [0.3, 0.4) is 0 Å². The summed E-state index contributed by atoms with van der Waals surface area (Å²) < 4.78 is 102. The zero-order chi connectivity index (χ0) is 16.5. The molecule has 0 amide bonds. The summed E-state index contributed by atoms with van der Waals surface area (Å²) in [5.74, 6) is -2.48. The summed E-state index contributed by atoms with van der Waals surface area (Å²) in [6.07, 6.45) is -9.38. The molecule has 2 saturated carbocycles. The van der Waals surface area contributed by atoms with Crippen molar-refractivity contribution in [2.75, 3.05) is 5.75 Å². The molecule has 3 rings (SSSR count). The Labute approximate surface area is 124 Å². The summed E-state index contributed by atoms with van der Waals surface area (Å²) in [5, 5.41) is -0.715. The van der Waals surface area contributed by atoms with Crippen molar-refractivity contribution in [3.63, 3.8) is 0 Å². The average molecular weight is 366 g/mol. The van der Waals surface area contributed by atoms with E-state index in [2.05, 4.69) is 0 Å². The van der Waals surface area contributed by atoms with Crippen molar-refractivity contribution in [3.05, 3.63) is 0 Å². The lowest BCUT2D eigenvalue weighted by Gasteiger charge is -2.30. The Hall–Kier alpha value is -0.430. The Balaban J connectivity index is 1.81. The highest BCUT2D eigenvalue weighted by molar-refractivity contribution is 7.87. The van der Waals surface area contributed by atoms with Gasteiger partial charge in [-0.15, -0.1) is 0 Å². The van der Waals surface area contributed by atoms with Crippen LogP contribution in [0.2, 0.25) is 0 Å². The molecule has 3 aliphatic rings. The summed E-state index contributed by atoms with van der Waals surface area (Å²) in [6.45, 7) is 0. The summed E-state index contributed by atoms with van der Waals surface area (Å²) in [6, 6.07) is 0. The van der Waals surface area contributed by atoms with Gasteiger partial charge in [0, 0.05) is 5.92 Å². The van der Waals surface area contributed by atoms with E-state index in [0.29, 0.717) is 6.42 Å². The van der Waals surface area contributed by atoms with Gasteiger partial charge in [-0.05, 0) is 18.8 Å². The number of halogens is 3. The van der Waals surface area contributed by atoms with Crippen molar-refractivity contribution >= 4 is 20.2 Å². The fourth-order valence-electron chi connectivity index (χ4n) is 3.66. The van der Waals surface area contributed by atoms with E-state index in [1.165, 1.54) is 0 Å². The van der Waals surface area contributed by atoms with Crippen molar-refractivity contribution in [2.24, 2.45) is 11.8 Å². The summed E-state index contributed by atoms with van der Waals surface area (Å²) in [5.41, 5.74) is 0. The van der Waals surface area contributed by atoms with Gasteiger partial charge in [0.15, 0.2) is 6.10 Å². The molecule has 0 aromatic rings. The van der Waals surface area contributed by atoms with E-state index in [1.807, 2.05) is 0 Å². The third kappa shape index (κ3) is 2.75. The van der Waals surface area contributed by atoms with Crippen LogP contribution in [0.25, 0.3) is 0 Å². The summed E-state index contributed by atoms with van der Waals surface area (Å²) in [4.78, 5) is 0. The summed E-state index contributed by atoms with van der Waals surface area (Å²) in [7, 11) is -8.70. The highest BCUT2D eigenvalue weighted by Crippen LogP contribution is 2.55. The molecule has 128 valence electrons. The average Bonchev–Trinajstić information content (AvgIpc) is 2.88. The van der Waals surface area contributed by atoms with E-state index in [0.717, 1.165) is 0 Å². The van der Waals surface area contributed by atoms with Gasteiger partial charge in [-0.3, -0.25) is 8.74 Å². The lowest BCUT2D eigenvalue weighted by Crippen LogP contribution is -2.45. The Morgan fingerprint density at radius 2 is 1.95 bits per heavy atom. The number of fused-ring (bicyclic) bond motifs is 1. The highest BCUT2D eigenvalue weighted by atomic mass is 32.2. The Kier molecular flexibility index (Phi) is 3.57. The second-order valence-electron chi connectivity index (χ2n) is 5.87. The van der Waals surface area contributed by atoms with E-state index in [9.17, 15) is 30.0 Å². The lowest BCUT2D eigenvalue weighted by molar-refractivity contribution is -0.236. The molecule has 0 aromatic heterocycles. The van der Waals surface area contributed by atoms with Gasteiger partial charge >= 0.3 is 6.18 Å². The van der Waals surface area contributed by atoms with Gasteiger partial charge in [0.2, 0.25) is 0 Å². The number of hydrogen-bond acceptors (Lipinski definition) is 6. The first-order chi connectivity index (χ1) is 9.88. The molecule has 6 atom stereocenters. The van der Waals surface area contributed by atoms with Gasteiger partial charge in [0.1, 0.15) is 11.9 Å². The zero-order valence-electron chi connectivity index (χ0n) is 10.9. The lowest BCUT2D eigenvalue weighted by atomic mass is 9.94. The Morgan fingerprint density at radius 1 is 1.32 bits per heavy atom. The first-order valence-corrected chi connectivity index (χ1v) is 9.56. The molecular weight excluding hydrogens is 353 g/mol. The molecule has 1 heterocycles. The fourth-order valence-corrected chi connectivity index (χ4v) is 6.19. The molecule has 12 heteroatoms. The van der Waals surface area contributed by atoms with Crippen LogP contribution < -0.4 is 0 Å². The van der Waals surface area contributed by atoms with Gasteiger partial charge in [-0.2, -0.15) is 30.0 Å². The molecule has 2 aliphatic carbocycles. The number of hydrogen-bond donors (Lipinski definition) is 1. The van der Waals surface area contributed by atoms with Crippen molar-refractivity contribution < 1.29 is 43.5 Å². The number of rotatable bonds is 4. The summed E-state index contributed by atoms with van der Waals surface area (Å²) >= 11 is 0.